The van der Waals surface area contributed by atoms with Gasteiger partial charge in [0.05, 0.1) is 12.6 Å². The van der Waals surface area contributed by atoms with Crippen molar-refractivity contribution in [3.63, 3.8) is 0 Å². The third kappa shape index (κ3) is 3.00. The summed E-state index contributed by atoms with van der Waals surface area (Å²) in [7, 11) is 0. The van der Waals surface area contributed by atoms with Crippen LogP contribution < -0.4 is 5.32 Å². The van der Waals surface area contributed by atoms with Crippen LogP contribution in [0.25, 0.3) is 16.9 Å². The van der Waals surface area contributed by atoms with Crippen molar-refractivity contribution >= 4 is 17.0 Å². The van der Waals surface area contributed by atoms with Gasteiger partial charge in [-0.25, -0.2) is 9.50 Å². The number of rotatable bonds is 5. The van der Waals surface area contributed by atoms with Gasteiger partial charge in [0.15, 0.2) is 5.82 Å². The van der Waals surface area contributed by atoms with Crippen LogP contribution in [0.5, 0.6) is 0 Å². The normalized spacial score (nSPS) is 11.4. The standard InChI is InChI=1S/C17H18N8O/c1-11(2)25-22-16(21-23-25)13-6-12(9-26)7-14(8-13)20-17-15-4-3-5-24(15)19-10-18-17/h3-8,10-11,26H,9H2,1-2H3,(H,18,19,20). The van der Waals surface area contributed by atoms with Gasteiger partial charge in [-0.1, -0.05) is 0 Å². The lowest BCUT2D eigenvalue weighted by atomic mass is 10.1. The molecule has 4 rings (SSSR count). The molecule has 0 aliphatic carbocycles. The molecule has 0 aliphatic rings. The summed E-state index contributed by atoms with van der Waals surface area (Å²) in [6.07, 6.45) is 3.34. The zero-order valence-electron chi connectivity index (χ0n) is 14.4. The van der Waals surface area contributed by atoms with Crippen LogP contribution in [0.1, 0.15) is 25.5 Å². The summed E-state index contributed by atoms with van der Waals surface area (Å²) in [4.78, 5) is 5.86. The molecule has 0 aliphatic heterocycles. The van der Waals surface area contributed by atoms with Crippen LogP contribution in [0.4, 0.5) is 11.5 Å². The Morgan fingerprint density at radius 3 is 2.88 bits per heavy atom. The predicted molar refractivity (Wildman–Crippen MR) is 95.8 cm³/mol. The number of anilines is 2. The van der Waals surface area contributed by atoms with Crippen molar-refractivity contribution in [3.05, 3.63) is 48.4 Å². The van der Waals surface area contributed by atoms with Crippen LogP contribution in [-0.4, -0.2) is 39.9 Å². The number of benzene rings is 1. The number of tetrazole rings is 1. The fourth-order valence-corrected chi connectivity index (χ4v) is 2.64. The topological polar surface area (TPSA) is 106 Å². The maximum atomic E-state index is 9.61. The first-order valence-corrected chi connectivity index (χ1v) is 8.24. The summed E-state index contributed by atoms with van der Waals surface area (Å²) in [6, 6.07) is 9.56. The Balaban J connectivity index is 1.73. The van der Waals surface area contributed by atoms with E-state index < -0.39 is 0 Å². The van der Waals surface area contributed by atoms with E-state index in [0.29, 0.717) is 11.6 Å². The lowest BCUT2D eigenvalue weighted by Gasteiger charge is -2.10. The average molecular weight is 350 g/mol. The molecule has 0 amide bonds. The summed E-state index contributed by atoms with van der Waals surface area (Å²) in [5.74, 6) is 1.18. The fourth-order valence-electron chi connectivity index (χ4n) is 2.64. The van der Waals surface area contributed by atoms with Gasteiger partial charge in [0, 0.05) is 17.4 Å². The molecule has 2 N–H and O–H groups in total. The van der Waals surface area contributed by atoms with E-state index in [1.807, 2.05) is 50.4 Å². The number of nitrogens with one attached hydrogen (secondary N) is 1. The zero-order valence-corrected chi connectivity index (χ0v) is 14.4. The summed E-state index contributed by atoms with van der Waals surface area (Å²) < 4.78 is 1.74. The molecule has 4 aromatic rings. The van der Waals surface area contributed by atoms with Crippen molar-refractivity contribution < 1.29 is 5.11 Å². The van der Waals surface area contributed by atoms with E-state index in [0.717, 1.165) is 22.3 Å². The minimum absolute atomic E-state index is 0.0921. The molecule has 0 unspecified atom stereocenters. The third-order valence-electron chi connectivity index (χ3n) is 3.92. The third-order valence-corrected chi connectivity index (χ3v) is 3.92. The second-order valence-electron chi connectivity index (χ2n) is 6.18. The number of nitrogens with zero attached hydrogens (tertiary/aromatic N) is 7. The Bertz CT molecular complexity index is 1050. The van der Waals surface area contributed by atoms with Crippen molar-refractivity contribution in [2.24, 2.45) is 0 Å². The number of aliphatic hydroxyl groups is 1. The van der Waals surface area contributed by atoms with Crippen LogP contribution in [0.3, 0.4) is 0 Å². The van der Waals surface area contributed by atoms with Gasteiger partial charge in [0.1, 0.15) is 11.8 Å². The highest BCUT2D eigenvalue weighted by Crippen LogP contribution is 2.26. The zero-order chi connectivity index (χ0) is 18.1. The van der Waals surface area contributed by atoms with Crippen molar-refractivity contribution in [2.75, 3.05) is 5.32 Å². The second-order valence-corrected chi connectivity index (χ2v) is 6.18. The summed E-state index contributed by atoms with van der Waals surface area (Å²) >= 11 is 0. The van der Waals surface area contributed by atoms with Crippen molar-refractivity contribution in [3.8, 4) is 11.4 Å². The van der Waals surface area contributed by atoms with E-state index in [4.69, 9.17) is 0 Å². The average Bonchev–Trinajstić information content (AvgIpc) is 3.31. The molecule has 0 spiro atoms. The molecule has 26 heavy (non-hydrogen) atoms. The molecule has 0 atom stereocenters. The van der Waals surface area contributed by atoms with Crippen molar-refractivity contribution in [1.82, 2.24) is 34.8 Å². The monoisotopic (exact) mass is 350 g/mol. The van der Waals surface area contributed by atoms with Gasteiger partial charge in [-0.15, -0.1) is 10.2 Å². The number of aromatic nitrogens is 7. The largest absolute Gasteiger partial charge is 0.392 e. The minimum atomic E-state index is -0.0921. The Morgan fingerprint density at radius 2 is 2.12 bits per heavy atom. The summed E-state index contributed by atoms with van der Waals surface area (Å²) in [5.41, 5.74) is 3.14. The SMILES string of the molecule is CC(C)n1nnc(-c2cc(CO)cc(Nc3ncnn4cccc34)c2)n1. The smallest absolute Gasteiger partial charge is 0.205 e. The number of hydrogen-bond donors (Lipinski definition) is 2. The van der Waals surface area contributed by atoms with Crippen molar-refractivity contribution in [2.45, 2.75) is 26.5 Å². The summed E-state index contributed by atoms with van der Waals surface area (Å²) in [6.45, 7) is 3.88. The first-order valence-electron chi connectivity index (χ1n) is 8.24. The Hall–Kier alpha value is -3.33. The van der Waals surface area contributed by atoms with Crippen LogP contribution in [0.2, 0.25) is 0 Å². The lowest BCUT2D eigenvalue weighted by molar-refractivity contribution is 0.282. The maximum Gasteiger partial charge on any atom is 0.205 e. The van der Waals surface area contributed by atoms with E-state index in [2.05, 4.69) is 30.8 Å². The number of fused-ring (bicyclic) bond motifs is 1. The van der Waals surface area contributed by atoms with Gasteiger partial charge in [-0.2, -0.15) is 9.90 Å². The van der Waals surface area contributed by atoms with E-state index in [1.165, 1.54) is 6.33 Å². The van der Waals surface area contributed by atoms with E-state index in [9.17, 15) is 5.11 Å². The van der Waals surface area contributed by atoms with Gasteiger partial charge < -0.3 is 10.4 Å². The molecular weight excluding hydrogens is 332 g/mol. The van der Waals surface area contributed by atoms with E-state index in [1.54, 1.807) is 9.31 Å². The molecule has 0 fully saturated rings. The Kier molecular flexibility index (Phi) is 4.05. The first kappa shape index (κ1) is 16.2. The minimum Gasteiger partial charge on any atom is -0.392 e. The highest BCUT2D eigenvalue weighted by molar-refractivity contribution is 5.75. The molecule has 3 heterocycles. The first-order chi connectivity index (χ1) is 12.6. The van der Waals surface area contributed by atoms with Crippen LogP contribution in [0, 0.1) is 0 Å². The van der Waals surface area contributed by atoms with Gasteiger partial charge in [-0.05, 0) is 55.0 Å². The Morgan fingerprint density at radius 1 is 1.23 bits per heavy atom. The highest BCUT2D eigenvalue weighted by atomic mass is 16.3. The maximum absolute atomic E-state index is 9.61. The molecule has 3 aromatic heterocycles. The molecular formula is C17H18N8O. The fraction of sp³-hybridized carbons (Fsp3) is 0.235. The lowest BCUT2D eigenvalue weighted by Crippen LogP contribution is -2.04. The predicted octanol–water partition coefficient (Wildman–Crippen LogP) is 2.20. The van der Waals surface area contributed by atoms with E-state index in [-0.39, 0.29) is 12.6 Å². The Labute approximate surface area is 149 Å². The van der Waals surface area contributed by atoms with Gasteiger partial charge in [0.2, 0.25) is 5.82 Å². The molecule has 0 saturated heterocycles. The van der Waals surface area contributed by atoms with Crippen molar-refractivity contribution in [1.29, 1.82) is 0 Å². The molecule has 0 radical (unpaired) electrons. The number of hydrogen-bond acceptors (Lipinski definition) is 7. The number of aliphatic hydroxyl groups excluding tert-OH is 1. The second kappa shape index (κ2) is 6.52. The molecule has 132 valence electrons. The molecule has 0 saturated carbocycles. The van der Waals surface area contributed by atoms with Gasteiger partial charge in [0.25, 0.3) is 0 Å². The molecule has 0 bridgehead atoms. The van der Waals surface area contributed by atoms with E-state index >= 15 is 0 Å². The molecule has 1 aromatic carbocycles. The molecule has 9 nitrogen and oxygen atoms in total. The van der Waals surface area contributed by atoms with Gasteiger partial charge in [-0.3, -0.25) is 0 Å². The van der Waals surface area contributed by atoms with Crippen LogP contribution in [0.15, 0.2) is 42.9 Å². The quantitative estimate of drug-likeness (QED) is 0.568. The van der Waals surface area contributed by atoms with Crippen LogP contribution >= 0.6 is 0 Å². The molecule has 9 heteroatoms. The van der Waals surface area contributed by atoms with Gasteiger partial charge >= 0.3 is 0 Å². The summed E-state index contributed by atoms with van der Waals surface area (Å²) in [5, 5.41) is 29.6. The highest BCUT2D eigenvalue weighted by Gasteiger charge is 2.11. The van der Waals surface area contributed by atoms with Crippen LogP contribution in [-0.2, 0) is 6.61 Å².